The van der Waals surface area contributed by atoms with Crippen LogP contribution in [0.5, 0.6) is 0 Å². The fraction of sp³-hybridized carbons (Fsp3) is 0.222. The molecule has 2 heterocycles. The van der Waals surface area contributed by atoms with Crippen LogP contribution in [0.2, 0.25) is 0 Å². The Morgan fingerprint density at radius 1 is 1.56 bits per heavy atom. The largest absolute Gasteiger partial charge is 0.384 e. The SMILES string of the molecule is Cn1cnc(CNc2nc(N)ccc2[N+](=O)[O-])n1. The predicted molar refractivity (Wildman–Crippen MR) is 63.6 cm³/mol. The van der Waals surface area contributed by atoms with E-state index in [0.29, 0.717) is 5.82 Å². The van der Waals surface area contributed by atoms with Gasteiger partial charge in [0.2, 0.25) is 5.82 Å². The summed E-state index contributed by atoms with van der Waals surface area (Å²) in [6.45, 7) is 0.234. The first-order valence-electron chi connectivity index (χ1n) is 5.05. The third-order valence-electron chi connectivity index (χ3n) is 2.15. The first kappa shape index (κ1) is 11.8. The van der Waals surface area contributed by atoms with Crippen LogP contribution in [0.15, 0.2) is 18.5 Å². The molecular formula is C9H11N7O2. The number of nitro groups is 1. The summed E-state index contributed by atoms with van der Waals surface area (Å²) in [7, 11) is 1.73. The van der Waals surface area contributed by atoms with E-state index in [-0.39, 0.29) is 23.9 Å². The summed E-state index contributed by atoms with van der Waals surface area (Å²) < 4.78 is 1.54. The van der Waals surface area contributed by atoms with Gasteiger partial charge < -0.3 is 11.1 Å². The van der Waals surface area contributed by atoms with Gasteiger partial charge in [0.1, 0.15) is 12.1 Å². The monoisotopic (exact) mass is 249 g/mol. The molecule has 0 aliphatic heterocycles. The third kappa shape index (κ3) is 2.51. The van der Waals surface area contributed by atoms with Gasteiger partial charge in [-0.15, -0.1) is 0 Å². The maximum atomic E-state index is 10.8. The van der Waals surface area contributed by atoms with Crippen LogP contribution >= 0.6 is 0 Å². The Bertz CT molecular complexity index is 580. The van der Waals surface area contributed by atoms with Gasteiger partial charge in [0.15, 0.2) is 5.82 Å². The van der Waals surface area contributed by atoms with Crippen molar-refractivity contribution in [2.24, 2.45) is 7.05 Å². The number of rotatable bonds is 4. The smallest absolute Gasteiger partial charge is 0.311 e. The molecule has 0 amide bonds. The van der Waals surface area contributed by atoms with Crippen molar-refractivity contribution in [1.82, 2.24) is 19.7 Å². The Morgan fingerprint density at radius 3 is 2.94 bits per heavy atom. The number of nitrogen functional groups attached to an aromatic ring is 1. The molecule has 3 N–H and O–H groups in total. The molecule has 0 aliphatic carbocycles. The first-order chi connectivity index (χ1) is 8.56. The molecule has 0 bridgehead atoms. The molecule has 0 aromatic carbocycles. The van der Waals surface area contributed by atoms with Gasteiger partial charge in [-0.2, -0.15) is 5.10 Å². The van der Waals surface area contributed by atoms with E-state index in [4.69, 9.17) is 5.73 Å². The highest BCUT2D eigenvalue weighted by Crippen LogP contribution is 2.22. The van der Waals surface area contributed by atoms with Crippen LogP contribution in [0.4, 0.5) is 17.3 Å². The molecule has 0 saturated heterocycles. The summed E-state index contributed by atoms with van der Waals surface area (Å²) in [6, 6.07) is 2.68. The van der Waals surface area contributed by atoms with E-state index in [1.54, 1.807) is 7.05 Å². The summed E-state index contributed by atoms with van der Waals surface area (Å²) in [5.41, 5.74) is 5.35. The Kier molecular flexibility index (Phi) is 3.04. The molecule has 0 saturated carbocycles. The topological polar surface area (TPSA) is 125 Å². The molecule has 0 radical (unpaired) electrons. The van der Waals surface area contributed by atoms with Gasteiger partial charge in [-0.05, 0) is 6.07 Å². The van der Waals surface area contributed by atoms with Crippen LogP contribution in [-0.4, -0.2) is 24.7 Å². The molecule has 2 aromatic heterocycles. The molecule has 0 aliphatic rings. The second-order valence-electron chi connectivity index (χ2n) is 3.55. The average molecular weight is 249 g/mol. The van der Waals surface area contributed by atoms with Crippen molar-refractivity contribution < 1.29 is 4.92 Å². The second kappa shape index (κ2) is 4.65. The van der Waals surface area contributed by atoms with E-state index < -0.39 is 4.92 Å². The molecule has 18 heavy (non-hydrogen) atoms. The number of hydrogen-bond donors (Lipinski definition) is 2. The van der Waals surface area contributed by atoms with Crippen LogP contribution in [-0.2, 0) is 13.6 Å². The molecule has 0 fully saturated rings. The van der Waals surface area contributed by atoms with Crippen molar-refractivity contribution in [2.45, 2.75) is 6.54 Å². The average Bonchev–Trinajstić information content (AvgIpc) is 2.72. The molecule has 2 aromatic rings. The van der Waals surface area contributed by atoms with Crippen LogP contribution in [0.1, 0.15) is 5.82 Å². The number of nitrogens with zero attached hydrogens (tertiary/aromatic N) is 5. The zero-order valence-corrected chi connectivity index (χ0v) is 9.57. The maximum Gasteiger partial charge on any atom is 0.311 e. The van der Waals surface area contributed by atoms with Crippen molar-refractivity contribution in [2.75, 3.05) is 11.1 Å². The molecule has 0 spiro atoms. The van der Waals surface area contributed by atoms with E-state index in [2.05, 4.69) is 20.4 Å². The van der Waals surface area contributed by atoms with Crippen molar-refractivity contribution >= 4 is 17.3 Å². The molecule has 9 heteroatoms. The summed E-state index contributed by atoms with van der Waals surface area (Å²) in [6.07, 6.45) is 1.54. The number of nitrogens with two attached hydrogens (primary N) is 1. The number of nitrogens with one attached hydrogen (secondary N) is 1. The number of aromatic nitrogens is 4. The van der Waals surface area contributed by atoms with E-state index in [1.165, 1.54) is 23.1 Å². The van der Waals surface area contributed by atoms with E-state index >= 15 is 0 Å². The number of pyridine rings is 1. The second-order valence-corrected chi connectivity index (χ2v) is 3.55. The summed E-state index contributed by atoms with van der Waals surface area (Å²) in [5, 5.41) is 17.6. The molecule has 9 nitrogen and oxygen atoms in total. The van der Waals surface area contributed by atoms with Gasteiger partial charge in [0, 0.05) is 13.1 Å². The Morgan fingerprint density at radius 2 is 2.33 bits per heavy atom. The van der Waals surface area contributed by atoms with E-state index in [9.17, 15) is 10.1 Å². The van der Waals surface area contributed by atoms with Crippen molar-refractivity contribution in [3.8, 4) is 0 Å². The fourth-order valence-corrected chi connectivity index (χ4v) is 1.37. The molecular weight excluding hydrogens is 238 g/mol. The summed E-state index contributed by atoms with van der Waals surface area (Å²) in [5.74, 6) is 0.820. The predicted octanol–water partition coefficient (Wildman–Crippen LogP) is 0.313. The molecule has 94 valence electrons. The zero-order valence-electron chi connectivity index (χ0n) is 9.57. The first-order valence-corrected chi connectivity index (χ1v) is 5.05. The lowest BCUT2D eigenvalue weighted by Crippen LogP contribution is -2.07. The lowest BCUT2D eigenvalue weighted by molar-refractivity contribution is -0.384. The van der Waals surface area contributed by atoms with Gasteiger partial charge in [0.25, 0.3) is 0 Å². The normalized spacial score (nSPS) is 10.3. The van der Waals surface area contributed by atoms with Crippen LogP contribution in [0.25, 0.3) is 0 Å². The number of hydrogen-bond acceptors (Lipinski definition) is 7. The lowest BCUT2D eigenvalue weighted by atomic mass is 10.3. The molecule has 2 rings (SSSR count). The third-order valence-corrected chi connectivity index (χ3v) is 2.15. The summed E-state index contributed by atoms with van der Waals surface area (Å²) in [4.78, 5) is 18.1. The highest BCUT2D eigenvalue weighted by molar-refractivity contribution is 5.59. The zero-order chi connectivity index (χ0) is 13.1. The van der Waals surface area contributed by atoms with Gasteiger partial charge in [-0.3, -0.25) is 14.8 Å². The lowest BCUT2D eigenvalue weighted by Gasteiger charge is -2.04. The number of anilines is 2. The highest BCUT2D eigenvalue weighted by Gasteiger charge is 2.15. The van der Waals surface area contributed by atoms with Gasteiger partial charge >= 0.3 is 5.69 Å². The maximum absolute atomic E-state index is 10.8. The minimum absolute atomic E-state index is 0.104. The Labute approximate surface area is 102 Å². The molecule has 0 unspecified atom stereocenters. The fourth-order valence-electron chi connectivity index (χ4n) is 1.37. The number of aryl methyl sites for hydroxylation is 1. The van der Waals surface area contributed by atoms with Crippen molar-refractivity contribution in [3.05, 3.63) is 34.4 Å². The van der Waals surface area contributed by atoms with Crippen molar-refractivity contribution in [1.29, 1.82) is 0 Å². The minimum atomic E-state index is -0.527. The quantitative estimate of drug-likeness (QED) is 0.590. The van der Waals surface area contributed by atoms with E-state index in [1.807, 2.05) is 0 Å². The van der Waals surface area contributed by atoms with Crippen LogP contribution in [0.3, 0.4) is 0 Å². The van der Waals surface area contributed by atoms with E-state index in [0.717, 1.165) is 0 Å². The van der Waals surface area contributed by atoms with Gasteiger partial charge in [-0.1, -0.05) is 0 Å². The highest BCUT2D eigenvalue weighted by atomic mass is 16.6. The minimum Gasteiger partial charge on any atom is -0.384 e. The Balaban J connectivity index is 2.17. The van der Waals surface area contributed by atoms with Crippen molar-refractivity contribution in [3.63, 3.8) is 0 Å². The van der Waals surface area contributed by atoms with Gasteiger partial charge in [0.05, 0.1) is 11.5 Å². The molecule has 0 atom stereocenters. The standard InChI is InChI=1S/C9H11N7O2/c1-15-5-12-8(14-15)4-11-9-6(16(17)18)2-3-7(10)13-9/h2-3,5H,4H2,1H3,(H3,10,11,13). The van der Waals surface area contributed by atoms with Crippen LogP contribution in [0, 0.1) is 10.1 Å². The Hall–Kier alpha value is -2.71. The van der Waals surface area contributed by atoms with Crippen LogP contribution < -0.4 is 11.1 Å². The summed E-state index contributed by atoms with van der Waals surface area (Å²) >= 11 is 0. The van der Waals surface area contributed by atoms with Gasteiger partial charge in [-0.25, -0.2) is 9.97 Å².